The molecule has 0 saturated carbocycles. The van der Waals surface area contributed by atoms with Crippen molar-refractivity contribution in [2.45, 2.75) is 31.7 Å². The van der Waals surface area contributed by atoms with Gasteiger partial charge < -0.3 is 10.6 Å². The number of likely N-dealkylation sites (tertiary alicyclic amines) is 1. The van der Waals surface area contributed by atoms with E-state index >= 15 is 0 Å². The van der Waals surface area contributed by atoms with Crippen molar-refractivity contribution in [1.29, 1.82) is 0 Å². The number of rotatable bonds is 4. The summed E-state index contributed by atoms with van der Waals surface area (Å²) in [5, 5.41) is 4.37. The lowest BCUT2D eigenvalue weighted by molar-refractivity contribution is -0.119. The molecule has 1 aliphatic heterocycles. The van der Waals surface area contributed by atoms with Crippen LogP contribution in [0.1, 0.15) is 36.0 Å². The first-order valence-corrected chi connectivity index (χ1v) is 11.1. The van der Waals surface area contributed by atoms with E-state index in [0.29, 0.717) is 12.1 Å². The summed E-state index contributed by atoms with van der Waals surface area (Å²) in [5.74, 6) is -0.381. The van der Waals surface area contributed by atoms with Gasteiger partial charge in [-0.25, -0.2) is 0 Å². The molecule has 3 aromatic carbocycles. The number of hydrogen-bond donors (Lipinski definition) is 1. The van der Waals surface area contributed by atoms with Crippen LogP contribution in [0.4, 0.5) is 0 Å². The van der Waals surface area contributed by atoms with E-state index in [1.165, 1.54) is 5.39 Å². The van der Waals surface area contributed by atoms with Crippen LogP contribution in [0.5, 0.6) is 0 Å². The second-order valence-corrected chi connectivity index (χ2v) is 8.50. The molecule has 5 heteroatoms. The van der Waals surface area contributed by atoms with Gasteiger partial charge in [-0.05, 0) is 70.8 Å². The van der Waals surface area contributed by atoms with Crippen LogP contribution >= 0.6 is 0 Å². The molecule has 160 valence electrons. The van der Waals surface area contributed by atoms with Gasteiger partial charge in [0.05, 0.1) is 0 Å². The van der Waals surface area contributed by atoms with Crippen LogP contribution in [0.2, 0.25) is 0 Å². The normalized spacial score (nSPS) is 16.4. The van der Waals surface area contributed by atoms with E-state index in [1.54, 1.807) is 0 Å². The van der Waals surface area contributed by atoms with Gasteiger partial charge in [0.2, 0.25) is 5.91 Å². The zero-order valence-corrected chi connectivity index (χ0v) is 17.8. The standard InChI is InChI=1S/C27H25N3O2/c28-26(31)16-23-5-1-2-13-30(23)27(32)21-10-8-18-14-20(9-7-19(18)15-21)24-6-3-4-22-17-29-12-11-25(22)24/h3-4,6-12,14-15,17,23H,1-2,5,13,16H2,(H2,28,31). The Morgan fingerprint density at radius 1 is 0.969 bits per heavy atom. The largest absolute Gasteiger partial charge is 0.370 e. The second-order valence-electron chi connectivity index (χ2n) is 8.50. The van der Waals surface area contributed by atoms with Crippen LogP contribution in [0.25, 0.3) is 32.7 Å². The third-order valence-corrected chi connectivity index (χ3v) is 6.40. The summed E-state index contributed by atoms with van der Waals surface area (Å²) in [6, 6.07) is 20.3. The number of piperidine rings is 1. The van der Waals surface area contributed by atoms with Crippen molar-refractivity contribution < 1.29 is 9.59 Å². The van der Waals surface area contributed by atoms with Crippen LogP contribution in [-0.4, -0.2) is 34.3 Å². The highest BCUT2D eigenvalue weighted by Gasteiger charge is 2.28. The zero-order valence-electron chi connectivity index (χ0n) is 17.8. The average Bonchev–Trinajstić information content (AvgIpc) is 2.82. The number of hydrogen-bond acceptors (Lipinski definition) is 3. The van der Waals surface area contributed by atoms with Crippen LogP contribution < -0.4 is 5.73 Å². The van der Waals surface area contributed by atoms with E-state index < -0.39 is 0 Å². The highest BCUT2D eigenvalue weighted by Crippen LogP contribution is 2.31. The maximum atomic E-state index is 13.2. The summed E-state index contributed by atoms with van der Waals surface area (Å²) in [6.45, 7) is 0.670. The molecule has 0 aliphatic carbocycles. The molecule has 4 aromatic rings. The molecule has 5 nitrogen and oxygen atoms in total. The van der Waals surface area contributed by atoms with Crippen molar-refractivity contribution in [3.63, 3.8) is 0 Å². The lowest BCUT2D eigenvalue weighted by Crippen LogP contribution is -2.45. The van der Waals surface area contributed by atoms with Gasteiger partial charge in [0, 0.05) is 42.4 Å². The number of carbonyl (C=O) groups excluding carboxylic acids is 2. The maximum Gasteiger partial charge on any atom is 0.254 e. The highest BCUT2D eigenvalue weighted by atomic mass is 16.2. The van der Waals surface area contributed by atoms with Crippen molar-refractivity contribution in [3.8, 4) is 11.1 Å². The smallest absolute Gasteiger partial charge is 0.254 e. The molecule has 1 unspecified atom stereocenters. The lowest BCUT2D eigenvalue weighted by atomic mass is 9.95. The second kappa shape index (κ2) is 8.42. The van der Waals surface area contributed by atoms with E-state index in [1.807, 2.05) is 47.6 Å². The predicted molar refractivity (Wildman–Crippen MR) is 127 cm³/mol. The Hall–Kier alpha value is -3.73. The summed E-state index contributed by atoms with van der Waals surface area (Å²) >= 11 is 0. The van der Waals surface area contributed by atoms with Crippen molar-refractivity contribution in [3.05, 3.63) is 78.6 Å². The molecular formula is C27H25N3O2. The lowest BCUT2D eigenvalue weighted by Gasteiger charge is -2.35. The van der Waals surface area contributed by atoms with Crippen molar-refractivity contribution in [2.24, 2.45) is 5.73 Å². The first-order chi connectivity index (χ1) is 15.6. The number of fused-ring (bicyclic) bond motifs is 2. The number of primary amides is 1. The molecule has 2 heterocycles. The fraction of sp³-hybridized carbons (Fsp3) is 0.222. The monoisotopic (exact) mass is 423 g/mol. The SMILES string of the molecule is NC(=O)CC1CCCCN1C(=O)c1ccc2cc(-c3cccc4cnccc34)ccc2c1. The van der Waals surface area contributed by atoms with Gasteiger partial charge in [-0.3, -0.25) is 14.6 Å². The molecular weight excluding hydrogens is 398 g/mol. The number of aromatic nitrogens is 1. The van der Waals surface area contributed by atoms with Crippen LogP contribution in [0.15, 0.2) is 73.1 Å². The Balaban J connectivity index is 1.47. The summed E-state index contributed by atoms with van der Waals surface area (Å²) in [6.07, 6.45) is 6.72. The van der Waals surface area contributed by atoms with Gasteiger partial charge in [0.1, 0.15) is 0 Å². The number of amides is 2. The van der Waals surface area contributed by atoms with E-state index in [2.05, 4.69) is 35.3 Å². The number of nitrogens with zero attached hydrogens (tertiary/aromatic N) is 2. The minimum absolute atomic E-state index is 0.0246. The molecule has 0 bridgehead atoms. The van der Waals surface area contributed by atoms with Gasteiger partial charge in [0.15, 0.2) is 0 Å². The molecule has 1 aromatic heterocycles. The fourth-order valence-corrected chi connectivity index (χ4v) is 4.80. The fourth-order valence-electron chi connectivity index (χ4n) is 4.80. The minimum Gasteiger partial charge on any atom is -0.370 e. The van der Waals surface area contributed by atoms with Crippen molar-refractivity contribution in [1.82, 2.24) is 9.88 Å². The number of pyridine rings is 1. The minimum atomic E-state index is -0.357. The average molecular weight is 424 g/mol. The maximum absolute atomic E-state index is 13.2. The third kappa shape index (κ3) is 3.82. The Labute approximate surface area is 186 Å². The zero-order chi connectivity index (χ0) is 22.1. The highest BCUT2D eigenvalue weighted by molar-refractivity contribution is 6.01. The molecule has 1 aliphatic rings. The first-order valence-electron chi connectivity index (χ1n) is 11.1. The summed E-state index contributed by atoms with van der Waals surface area (Å²) in [4.78, 5) is 30.7. The van der Waals surface area contributed by atoms with Gasteiger partial charge in [-0.15, -0.1) is 0 Å². The van der Waals surface area contributed by atoms with Crippen LogP contribution in [0.3, 0.4) is 0 Å². The van der Waals surface area contributed by atoms with E-state index in [-0.39, 0.29) is 24.3 Å². The molecule has 0 radical (unpaired) electrons. The molecule has 0 spiro atoms. The molecule has 5 rings (SSSR count). The predicted octanol–water partition coefficient (Wildman–Crippen LogP) is 4.93. The summed E-state index contributed by atoms with van der Waals surface area (Å²) in [5.41, 5.74) is 8.36. The van der Waals surface area contributed by atoms with Crippen LogP contribution in [0, 0.1) is 0 Å². The number of nitrogens with two attached hydrogens (primary N) is 1. The summed E-state index contributed by atoms with van der Waals surface area (Å²) < 4.78 is 0. The molecule has 1 atom stereocenters. The Morgan fingerprint density at radius 2 is 1.81 bits per heavy atom. The molecule has 2 N–H and O–H groups in total. The summed E-state index contributed by atoms with van der Waals surface area (Å²) in [7, 11) is 0. The topological polar surface area (TPSA) is 76.3 Å². The van der Waals surface area contributed by atoms with Gasteiger partial charge in [0.25, 0.3) is 5.91 Å². The quantitative estimate of drug-likeness (QED) is 0.506. The number of carbonyl (C=O) groups is 2. The van der Waals surface area contributed by atoms with Crippen molar-refractivity contribution in [2.75, 3.05) is 6.54 Å². The Kier molecular flexibility index (Phi) is 5.31. The van der Waals surface area contributed by atoms with Gasteiger partial charge in [-0.2, -0.15) is 0 Å². The van der Waals surface area contributed by atoms with Gasteiger partial charge in [-0.1, -0.05) is 36.4 Å². The van der Waals surface area contributed by atoms with Crippen LogP contribution in [-0.2, 0) is 4.79 Å². The van der Waals surface area contributed by atoms with E-state index in [9.17, 15) is 9.59 Å². The molecule has 2 amide bonds. The van der Waals surface area contributed by atoms with Gasteiger partial charge >= 0.3 is 0 Å². The Bertz CT molecular complexity index is 1330. The number of benzene rings is 3. The molecule has 1 saturated heterocycles. The van der Waals surface area contributed by atoms with E-state index in [4.69, 9.17) is 5.73 Å². The van der Waals surface area contributed by atoms with Crippen molar-refractivity contribution >= 4 is 33.4 Å². The third-order valence-electron chi connectivity index (χ3n) is 6.40. The van der Waals surface area contributed by atoms with E-state index in [0.717, 1.165) is 46.5 Å². The molecule has 1 fully saturated rings. The molecule has 32 heavy (non-hydrogen) atoms. The first kappa shape index (κ1) is 20.2. The Morgan fingerprint density at radius 3 is 2.69 bits per heavy atom.